The number of thiazole rings is 1. The van der Waals surface area contributed by atoms with E-state index in [1.54, 1.807) is 17.5 Å². The summed E-state index contributed by atoms with van der Waals surface area (Å²) in [6, 6.07) is 1.91. The molecule has 118 valence electrons. The van der Waals surface area contributed by atoms with E-state index in [-0.39, 0.29) is 5.91 Å². The Morgan fingerprint density at radius 2 is 2.41 bits per heavy atom. The maximum Gasteiger partial charge on any atom is 0.222 e. The van der Waals surface area contributed by atoms with Gasteiger partial charge in [0.2, 0.25) is 5.91 Å². The summed E-state index contributed by atoms with van der Waals surface area (Å²) in [6.45, 7) is 4.55. The second-order valence-electron chi connectivity index (χ2n) is 5.88. The van der Waals surface area contributed by atoms with Crippen molar-refractivity contribution < 1.29 is 4.79 Å². The van der Waals surface area contributed by atoms with Crippen LogP contribution in [0, 0.1) is 6.92 Å². The normalized spacial score (nSPS) is 18.6. The minimum Gasteiger partial charge on any atom is -0.342 e. The zero-order chi connectivity index (χ0) is 15.4. The molecule has 3 rings (SSSR count). The van der Waals surface area contributed by atoms with Gasteiger partial charge in [-0.3, -0.25) is 9.48 Å². The van der Waals surface area contributed by atoms with E-state index in [4.69, 9.17) is 0 Å². The Morgan fingerprint density at radius 3 is 3.14 bits per heavy atom. The molecule has 0 bridgehead atoms. The SMILES string of the molecule is Cc1csc([C@H]2CCCN(C(=O)CCCn3cccn3)C2)n1. The highest BCUT2D eigenvalue weighted by Gasteiger charge is 2.26. The standard InChI is InChI=1S/C16H22N4OS/c1-13-12-22-16(18-13)14-5-2-8-19(11-14)15(21)6-3-9-20-10-4-7-17-20/h4,7,10,12,14H,2-3,5-6,8-9,11H2,1H3/t14-/m0/s1. The molecule has 0 spiro atoms. The molecule has 1 aliphatic rings. The summed E-state index contributed by atoms with van der Waals surface area (Å²) in [5.74, 6) is 0.688. The maximum absolute atomic E-state index is 12.4. The monoisotopic (exact) mass is 318 g/mol. The maximum atomic E-state index is 12.4. The quantitative estimate of drug-likeness (QED) is 0.852. The Kier molecular flexibility index (Phi) is 4.87. The van der Waals surface area contributed by atoms with Crippen molar-refractivity contribution >= 4 is 17.2 Å². The van der Waals surface area contributed by atoms with Gasteiger partial charge in [-0.05, 0) is 32.3 Å². The Hall–Kier alpha value is -1.69. The predicted octanol–water partition coefficient (Wildman–Crippen LogP) is 2.83. The van der Waals surface area contributed by atoms with Crippen LogP contribution >= 0.6 is 11.3 Å². The van der Waals surface area contributed by atoms with Crippen molar-refractivity contribution in [3.05, 3.63) is 34.5 Å². The molecular weight excluding hydrogens is 296 g/mol. The van der Waals surface area contributed by atoms with E-state index >= 15 is 0 Å². The summed E-state index contributed by atoms with van der Waals surface area (Å²) in [4.78, 5) is 19.0. The van der Waals surface area contributed by atoms with Crippen molar-refractivity contribution in [1.29, 1.82) is 0 Å². The Morgan fingerprint density at radius 1 is 1.50 bits per heavy atom. The average molecular weight is 318 g/mol. The van der Waals surface area contributed by atoms with Crippen molar-refractivity contribution in [3.8, 4) is 0 Å². The van der Waals surface area contributed by atoms with Crippen molar-refractivity contribution in [3.63, 3.8) is 0 Å². The van der Waals surface area contributed by atoms with E-state index in [9.17, 15) is 4.79 Å². The summed E-state index contributed by atoms with van der Waals surface area (Å²) < 4.78 is 1.88. The Bertz CT molecular complexity index is 607. The first-order valence-electron chi connectivity index (χ1n) is 7.89. The molecule has 2 aromatic rings. The molecule has 1 atom stereocenters. The van der Waals surface area contributed by atoms with Gasteiger partial charge in [0.25, 0.3) is 0 Å². The number of hydrogen-bond donors (Lipinski definition) is 0. The number of carbonyl (C=O) groups excluding carboxylic acids is 1. The first-order chi connectivity index (χ1) is 10.7. The molecule has 5 nitrogen and oxygen atoms in total. The minimum absolute atomic E-state index is 0.269. The molecular formula is C16H22N4OS. The molecule has 3 heterocycles. The fourth-order valence-electron chi connectivity index (χ4n) is 2.95. The van der Waals surface area contributed by atoms with Crippen LogP contribution in [0.15, 0.2) is 23.8 Å². The van der Waals surface area contributed by atoms with E-state index in [2.05, 4.69) is 15.5 Å². The summed E-state index contributed by atoms with van der Waals surface area (Å²) in [5.41, 5.74) is 1.09. The summed E-state index contributed by atoms with van der Waals surface area (Å²) >= 11 is 1.73. The van der Waals surface area contributed by atoms with Gasteiger partial charge >= 0.3 is 0 Å². The van der Waals surface area contributed by atoms with Crippen LogP contribution in [0.2, 0.25) is 0 Å². The van der Waals surface area contributed by atoms with Crippen molar-refractivity contribution in [2.75, 3.05) is 13.1 Å². The number of rotatable bonds is 5. The van der Waals surface area contributed by atoms with Gasteiger partial charge in [-0.2, -0.15) is 5.10 Å². The lowest BCUT2D eigenvalue weighted by Crippen LogP contribution is -2.39. The molecule has 0 saturated carbocycles. The van der Waals surface area contributed by atoms with E-state index in [1.165, 1.54) is 5.01 Å². The zero-order valence-corrected chi connectivity index (χ0v) is 13.8. The van der Waals surface area contributed by atoms with Crippen molar-refractivity contribution in [1.82, 2.24) is 19.7 Å². The molecule has 0 unspecified atom stereocenters. The van der Waals surface area contributed by atoms with Crippen LogP contribution in [-0.2, 0) is 11.3 Å². The molecule has 0 aromatic carbocycles. The van der Waals surface area contributed by atoms with E-state index < -0.39 is 0 Å². The third-order valence-electron chi connectivity index (χ3n) is 4.10. The molecule has 0 radical (unpaired) electrons. The van der Waals surface area contributed by atoms with Gasteiger partial charge in [-0.15, -0.1) is 11.3 Å². The lowest BCUT2D eigenvalue weighted by atomic mass is 9.98. The topological polar surface area (TPSA) is 51.0 Å². The van der Waals surface area contributed by atoms with Crippen molar-refractivity contribution in [2.24, 2.45) is 0 Å². The van der Waals surface area contributed by atoms with E-state index in [1.807, 2.05) is 28.8 Å². The van der Waals surface area contributed by atoms with E-state index in [0.717, 1.165) is 44.6 Å². The third-order valence-corrected chi connectivity index (χ3v) is 5.22. The highest BCUT2D eigenvalue weighted by molar-refractivity contribution is 7.09. The summed E-state index contributed by atoms with van der Waals surface area (Å²) in [5, 5.41) is 7.45. The number of carbonyl (C=O) groups is 1. The summed E-state index contributed by atoms with van der Waals surface area (Å²) in [6.07, 6.45) is 7.37. The molecule has 6 heteroatoms. The van der Waals surface area contributed by atoms with Gasteiger partial charge in [0, 0.05) is 55.4 Å². The second kappa shape index (κ2) is 7.05. The largest absolute Gasteiger partial charge is 0.342 e. The smallest absolute Gasteiger partial charge is 0.222 e. The fourth-order valence-corrected chi connectivity index (χ4v) is 3.87. The minimum atomic E-state index is 0.269. The van der Waals surface area contributed by atoms with Gasteiger partial charge in [0.1, 0.15) is 0 Å². The zero-order valence-electron chi connectivity index (χ0n) is 12.9. The fraction of sp³-hybridized carbons (Fsp3) is 0.562. The number of nitrogens with zero attached hydrogens (tertiary/aromatic N) is 4. The van der Waals surface area contributed by atoms with Crippen LogP contribution in [0.25, 0.3) is 0 Å². The average Bonchev–Trinajstić information content (AvgIpc) is 3.19. The summed E-state index contributed by atoms with van der Waals surface area (Å²) in [7, 11) is 0. The van der Waals surface area contributed by atoms with Crippen molar-refractivity contribution in [2.45, 2.75) is 45.1 Å². The van der Waals surface area contributed by atoms with Crippen LogP contribution in [0.4, 0.5) is 0 Å². The number of hydrogen-bond acceptors (Lipinski definition) is 4. The van der Waals surface area contributed by atoms with E-state index in [0.29, 0.717) is 12.3 Å². The van der Waals surface area contributed by atoms with Crippen LogP contribution in [0.3, 0.4) is 0 Å². The number of piperidine rings is 1. The molecule has 0 N–H and O–H groups in total. The van der Waals surface area contributed by atoms with Crippen LogP contribution < -0.4 is 0 Å². The molecule has 1 aliphatic heterocycles. The van der Waals surface area contributed by atoms with Crippen LogP contribution in [-0.4, -0.2) is 38.7 Å². The van der Waals surface area contributed by atoms with Gasteiger partial charge in [-0.1, -0.05) is 0 Å². The number of amides is 1. The molecule has 0 aliphatic carbocycles. The van der Waals surface area contributed by atoms with Gasteiger partial charge in [0.05, 0.1) is 5.01 Å². The number of likely N-dealkylation sites (tertiary alicyclic amines) is 1. The number of aromatic nitrogens is 3. The Labute approximate surface area is 135 Å². The lowest BCUT2D eigenvalue weighted by molar-refractivity contribution is -0.132. The second-order valence-corrected chi connectivity index (χ2v) is 6.77. The molecule has 22 heavy (non-hydrogen) atoms. The van der Waals surface area contributed by atoms with Gasteiger partial charge in [0.15, 0.2) is 0 Å². The number of aryl methyl sites for hydroxylation is 2. The highest BCUT2D eigenvalue weighted by Crippen LogP contribution is 2.29. The van der Waals surface area contributed by atoms with Gasteiger partial charge < -0.3 is 4.90 Å². The molecule has 1 fully saturated rings. The first-order valence-corrected chi connectivity index (χ1v) is 8.77. The van der Waals surface area contributed by atoms with Gasteiger partial charge in [-0.25, -0.2) is 4.98 Å². The first kappa shape index (κ1) is 15.2. The third kappa shape index (κ3) is 3.74. The lowest BCUT2D eigenvalue weighted by Gasteiger charge is -2.32. The predicted molar refractivity (Wildman–Crippen MR) is 86.9 cm³/mol. The molecule has 1 amide bonds. The Balaban J connectivity index is 1.49. The molecule has 2 aromatic heterocycles. The van der Waals surface area contributed by atoms with Crippen LogP contribution in [0.5, 0.6) is 0 Å². The molecule has 1 saturated heterocycles. The van der Waals surface area contributed by atoms with Crippen LogP contribution in [0.1, 0.15) is 42.3 Å². The highest BCUT2D eigenvalue weighted by atomic mass is 32.1.